The highest BCUT2D eigenvalue weighted by Crippen LogP contribution is 2.37. The highest BCUT2D eigenvalue weighted by Gasteiger charge is 2.13. The number of halogens is 2. The van der Waals surface area contributed by atoms with Crippen molar-refractivity contribution in [3.63, 3.8) is 0 Å². The van der Waals surface area contributed by atoms with E-state index in [1.807, 2.05) is 51.2 Å². The molecule has 0 aromatic heterocycles. The summed E-state index contributed by atoms with van der Waals surface area (Å²) in [4.78, 5) is 0. The van der Waals surface area contributed by atoms with E-state index in [-0.39, 0.29) is 0 Å². The van der Waals surface area contributed by atoms with E-state index in [4.69, 9.17) is 27.9 Å². The summed E-state index contributed by atoms with van der Waals surface area (Å²) >= 11 is 12.3. The first kappa shape index (κ1) is 15.2. The van der Waals surface area contributed by atoms with Gasteiger partial charge in [0.15, 0.2) is 5.75 Å². The van der Waals surface area contributed by atoms with Gasteiger partial charge in [0.1, 0.15) is 5.75 Å². The fourth-order valence-corrected chi connectivity index (χ4v) is 2.72. The van der Waals surface area contributed by atoms with E-state index in [1.165, 1.54) is 0 Å². The zero-order valence-electron chi connectivity index (χ0n) is 11.8. The van der Waals surface area contributed by atoms with Crippen LogP contribution >= 0.6 is 23.2 Å². The van der Waals surface area contributed by atoms with Crippen LogP contribution in [0.1, 0.15) is 16.7 Å². The Bertz CT molecular complexity index is 603. The summed E-state index contributed by atoms with van der Waals surface area (Å²) in [5.41, 5.74) is 3.00. The van der Waals surface area contributed by atoms with Crippen molar-refractivity contribution in [3.05, 3.63) is 57.1 Å². The Labute approximate surface area is 129 Å². The first-order valence-electron chi connectivity index (χ1n) is 6.39. The average molecular weight is 310 g/mol. The number of ether oxygens (including phenoxy) is 1. The third-order valence-corrected chi connectivity index (χ3v) is 3.56. The van der Waals surface area contributed by atoms with Gasteiger partial charge in [0.2, 0.25) is 0 Å². The van der Waals surface area contributed by atoms with Crippen LogP contribution in [0.5, 0.6) is 11.5 Å². The molecule has 20 heavy (non-hydrogen) atoms. The molecule has 0 spiro atoms. The Hall–Kier alpha value is -1.22. The molecule has 0 heterocycles. The van der Waals surface area contributed by atoms with Crippen LogP contribution in [-0.4, -0.2) is 7.05 Å². The summed E-state index contributed by atoms with van der Waals surface area (Å²) in [6, 6.07) is 9.52. The topological polar surface area (TPSA) is 21.3 Å². The number of hydrogen-bond donors (Lipinski definition) is 1. The molecule has 106 valence electrons. The second-order valence-electron chi connectivity index (χ2n) is 4.73. The molecule has 0 radical (unpaired) electrons. The molecule has 0 aliphatic rings. The number of benzene rings is 2. The van der Waals surface area contributed by atoms with E-state index in [9.17, 15) is 0 Å². The van der Waals surface area contributed by atoms with Gasteiger partial charge in [-0.3, -0.25) is 0 Å². The number of hydrogen-bond acceptors (Lipinski definition) is 2. The molecule has 1 N–H and O–H groups in total. The van der Waals surface area contributed by atoms with E-state index >= 15 is 0 Å². The van der Waals surface area contributed by atoms with Crippen LogP contribution in [0.3, 0.4) is 0 Å². The van der Waals surface area contributed by atoms with Gasteiger partial charge in [0.05, 0.1) is 5.02 Å². The lowest BCUT2D eigenvalue weighted by Crippen LogP contribution is -2.07. The Balaban J connectivity index is 2.45. The molecule has 0 fully saturated rings. The minimum Gasteiger partial charge on any atom is -0.455 e. The SMILES string of the molecule is CNCc1cccc(Cl)c1Oc1c(C)cc(Cl)cc1C. The molecule has 0 unspecified atom stereocenters. The van der Waals surface area contributed by atoms with Gasteiger partial charge >= 0.3 is 0 Å². The van der Waals surface area contributed by atoms with Gasteiger partial charge in [-0.15, -0.1) is 0 Å². The van der Waals surface area contributed by atoms with Crippen molar-refractivity contribution < 1.29 is 4.74 Å². The van der Waals surface area contributed by atoms with Gasteiger partial charge in [0, 0.05) is 17.1 Å². The van der Waals surface area contributed by atoms with Gasteiger partial charge in [-0.25, -0.2) is 0 Å². The molecule has 4 heteroatoms. The van der Waals surface area contributed by atoms with Crippen LogP contribution in [-0.2, 0) is 6.54 Å². The van der Waals surface area contributed by atoms with Crippen molar-refractivity contribution in [1.82, 2.24) is 5.32 Å². The van der Waals surface area contributed by atoms with E-state index < -0.39 is 0 Å². The lowest BCUT2D eigenvalue weighted by atomic mass is 10.1. The summed E-state index contributed by atoms with van der Waals surface area (Å²) in [6.45, 7) is 4.65. The summed E-state index contributed by atoms with van der Waals surface area (Å²) in [7, 11) is 1.89. The van der Waals surface area contributed by atoms with Crippen molar-refractivity contribution in [2.75, 3.05) is 7.05 Å². The standard InChI is InChI=1S/C16H17Cl2NO/c1-10-7-13(17)8-11(2)15(10)20-16-12(9-19-3)5-4-6-14(16)18/h4-8,19H,9H2,1-3H3. The summed E-state index contributed by atoms with van der Waals surface area (Å²) in [5.74, 6) is 1.50. The molecule has 0 saturated heterocycles. The van der Waals surface area contributed by atoms with E-state index in [0.717, 1.165) is 22.4 Å². The lowest BCUT2D eigenvalue weighted by molar-refractivity contribution is 0.467. The number of nitrogens with one attached hydrogen (secondary N) is 1. The first-order chi connectivity index (χ1) is 9.52. The molecule has 0 saturated carbocycles. The number of aryl methyl sites for hydroxylation is 2. The smallest absolute Gasteiger partial charge is 0.150 e. The van der Waals surface area contributed by atoms with Crippen molar-refractivity contribution >= 4 is 23.2 Å². The Morgan fingerprint density at radius 1 is 1.05 bits per heavy atom. The van der Waals surface area contributed by atoms with E-state index in [0.29, 0.717) is 22.3 Å². The summed E-state index contributed by atoms with van der Waals surface area (Å²) < 4.78 is 6.08. The van der Waals surface area contributed by atoms with Crippen molar-refractivity contribution in [1.29, 1.82) is 0 Å². The van der Waals surface area contributed by atoms with Gasteiger partial charge < -0.3 is 10.1 Å². The predicted octanol–water partition coefficient (Wildman–Crippen LogP) is 5.12. The molecule has 2 nitrogen and oxygen atoms in total. The van der Waals surface area contributed by atoms with Gasteiger partial charge in [-0.2, -0.15) is 0 Å². The number of para-hydroxylation sites is 1. The molecule has 0 atom stereocenters. The fraction of sp³-hybridized carbons (Fsp3) is 0.250. The van der Waals surface area contributed by atoms with Gasteiger partial charge in [-0.05, 0) is 50.2 Å². The Morgan fingerprint density at radius 3 is 2.30 bits per heavy atom. The van der Waals surface area contributed by atoms with Crippen LogP contribution in [0.15, 0.2) is 30.3 Å². The molecule has 0 aliphatic heterocycles. The monoisotopic (exact) mass is 309 g/mol. The van der Waals surface area contributed by atoms with Crippen molar-refractivity contribution in [2.45, 2.75) is 20.4 Å². The maximum Gasteiger partial charge on any atom is 0.150 e. The Kier molecular flexibility index (Phi) is 4.92. The normalized spacial score (nSPS) is 10.7. The van der Waals surface area contributed by atoms with Crippen LogP contribution in [0, 0.1) is 13.8 Å². The molecule has 0 bridgehead atoms. The third kappa shape index (κ3) is 3.26. The third-order valence-electron chi connectivity index (χ3n) is 3.04. The molecule has 2 aromatic rings. The highest BCUT2D eigenvalue weighted by atomic mass is 35.5. The maximum absolute atomic E-state index is 6.27. The lowest BCUT2D eigenvalue weighted by Gasteiger charge is -2.16. The summed E-state index contributed by atoms with van der Waals surface area (Å²) in [5, 5.41) is 4.43. The van der Waals surface area contributed by atoms with Crippen LogP contribution in [0.2, 0.25) is 10.0 Å². The zero-order valence-corrected chi connectivity index (χ0v) is 13.3. The second kappa shape index (κ2) is 6.49. The highest BCUT2D eigenvalue weighted by molar-refractivity contribution is 6.32. The zero-order chi connectivity index (χ0) is 14.7. The first-order valence-corrected chi connectivity index (χ1v) is 7.15. The fourth-order valence-electron chi connectivity index (χ4n) is 2.16. The molecule has 0 aliphatic carbocycles. The second-order valence-corrected chi connectivity index (χ2v) is 5.57. The molecule has 2 rings (SSSR count). The predicted molar refractivity (Wildman–Crippen MR) is 85.2 cm³/mol. The Morgan fingerprint density at radius 2 is 1.70 bits per heavy atom. The minimum absolute atomic E-state index is 0.603. The molecule has 2 aromatic carbocycles. The largest absolute Gasteiger partial charge is 0.455 e. The van der Waals surface area contributed by atoms with Crippen molar-refractivity contribution in [2.24, 2.45) is 0 Å². The minimum atomic E-state index is 0.603. The molecule has 0 amide bonds. The maximum atomic E-state index is 6.27. The van der Waals surface area contributed by atoms with Crippen LogP contribution in [0.25, 0.3) is 0 Å². The van der Waals surface area contributed by atoms with Crippen LogP contribution < -0.4 is 10.1 Å². The quantitative estimate of drug-likeness (QED) is 0.846. The molecular formula is C16H17Cl2NO. The van der Waals surface area contributed by atoms with Crippen molar-refractivity contribution in [3.8, 4) is 11.5 Å². The van der Waals surface area contributed by atoms with E-state index in [1.54, 1.807) is 0 Å². The number of rotatable bonds is 4. The summed E-state index contributed by atoms with van der Waals surface area (Å²) in [6.07, 6.45) is 0. The van der Waals surface area contributed by atoms with Crippen LogP contribution in [0.4, 0.5) is 0 Å². The van der Waals surface area contributed by atoms with E-state index in [2.05, 4.69) is 5.32 Å². The van der Waals surface area contributed by atoms with Gasteiger partial charge in [-0.1, -0.05) is 35.3 Å². The molecular weight excluding hydrogens is 293 g/mol. The average Bonchev–Trinajstić information content (AvgIpc) is 2.36. The van der Waals surface area contributed by atoms with Gasteiger partial charge in [0.25, 0.3) is 0 Å².